The summed E-state index contributed by atoms with van der Waals surface area (Å²) in [7, 11) is 1.80. The van der Waals surface area contributed by atoms with Crippen LogP contribution in [0.1, 0.15) is 23.1 Å². The smallest absolute Gasteiger partial charge is 0.274 e. The lowest BCUT2D eigenvalue weighted by Crippen LogP contribution is -2.50. The van der Waals surface area contributed by atoms with Crippen molar-refractivity contribution in [3.63, 3.8) is 0 Å². The fourth-order valence-corrected chi connectivity index (χ4v) is 2.51. The molecule has 1 aromatic rings. The quantitative estimate of drug-likeness (QED) is 0.718. The number of nitrogens with two attached hydrogens (primary N) is 1. The normalized spacial score (nSPS) is 18.7. The van der Waals surface area contributed by atoms with Gasteiger partial charge < -0.3 is 15.4 Å². The number of aromatic nitrogens is 2. The van der Waals surface area contributed by atoms with Crippen LogP contribution in [-0.4, -0.2) is 77.7 Å². The Balaban J connectivity index is 1.92. The molecule has 0 spiro atoms. The van der Waals surface area contributed by atoms with Crippen LogP contribution in [0.25, 0.3) is 0 Å². The van der Waals surface area contributed by atoms with Crippen molar-refractivity contribution in [1.29, 1.82) is 0 Å². The minimum Gasteiger partial charge on any atom is -0.373 e. The molecule has 8 nitrogen and oxygen atoms in total. The molecule has 0 radical (unpaired) electrons. The van der Waals surface area contributed by atoms with E-state index >= 15 is 0 Å². The average molecular weight is 309 g/mol. The third kappa shape index (κ3) is 4.28. The molecule has 122 valence electrons. The highest BCUT2D eigenvalue weighted by molar-refractivity contribution is 5.92. The molecule has 1 saturated heterocycles. The Bertz CT molecular complexity index is 530. The Morgan fingerprint density at radius 3 is 3.00 bits per heavy atom. The van der Waals surface area contributed by atoms with Crippen LogP contribution in [0.4, 0.5) is 0 Å². The minimum absolute atomic E-state index is 0.0956. The Hall–Kier alpha value is -1.93. The van der Waals surface area contributed by atoms with E-state index in [1.54, 1.807) is 22.9 Å². The summed E-state index contributed by atoms with van der Waals surface area (Å²) in [5.41, 5.74) is 6.54. The fourth-order valence-electron chi connectivity index (χ4n) is 2.51. The zero-order valence-corrected chi connectivity index (χ0v) is 13.0. The maximum Gasteiger partial charge on any atom is 0.274 e. The van der Waals surface area contributed by atoms with Crippen molar-refractivity contribution in [3.8, 4) is 0 Å². The van der Waals surface area contributed by atoms with Gasteiger partial charge in [0.15, 0.2) is 0 Å². The minimum atomic E-state index is -0.380. The maximum absolute atomic E-state index is 12.4. The van der Waals surface area contributed by atoms with Gasteiger partial charge in [0.05, 0.1) is 19.3 Å². The van der Waals surface area contributed by atoms with E-state index < -0.39 is 0 Å². The molecule has 1 aromatic heterocycles. The largest absolute Gasteiger partial charge is 0.373 e. The van der Waals surface area contributed by atoms with Gasteiger partial charge in [-0.1, -0.05) is 6.92 Å². The van der Waals surface area contributed by atoms with Crippen LogP contribution in [0.5, 0.6) is 0 Å². The number of ether oxygens (including phenoxy) is 1. The first-order valence-corrected chi connectivity index (χ1v) is 7.41. The number of hydrogen-bond donors (Lipinski definition) is 2. The lowest BCUT2D eigenvalue weighted by atomic mass is 10.2. The molecule has 1 fully saturated rings. The summed E-state index contributed by atoms with van der Waals surface area (Å²) in [6.45, 7) is 4.23. The molecule has 8 heteroatoms. The number of nitrogens with zero attached hydrogens (tertiary/aromatic N) is 3. The molecule has 22 heavy (non-hydrogen) atoms. The highest BCUT2D eigenvalue weighted by Crippen LogP contribution is 2.11. The van der Waals surface area contributed by atoms with Gasteiger partial charge in [0.1, 0.15) is 5.69 Å². The summed E-state index contributed by atoms with van der Waals surface area (Å²) in [6.07, 6.45) is 0.677. The Morgan fingerprint density at radius 1 is 1.59 bits per heavy atom. The van der Waals surface area contributed by atoms with Gasteiger partial charge in [-0.3, -0.25) is 19.6 Å². The zero-order chi connectivity index (χ0) is 16.1. The molecule has 0 bridgehead atoms. The number of H-pyrrole nitrogens is 1. The van der Waals surface area contributed by atoms with Crippen LogP contribution < -0.4 is 5.73 Å². The number of aryl methyl sites for hydroxylation is 1. The summed E-state index contributed by atoms with van der Waals surface area (Å²) >= 11 is 0. The summed E-state index contributed by atoms with van der Waals surface area (Å²) in [4.78, 5) is 26.9. The van der Waals surface area contributed by atoms with Gasteiger partial charge in [0, 0.05) is 25.3 Å². The molecule has 0 saturated carbocycles. The van der Waals surface area contributed by atoms with Crippen LogP contribution >= 0.6 is 0 Å². The molecule has 1 atom stereocenters. The number of morpholine rings is 1. The summed E-state index contributed by atoms with van der Waals surface area (Å²) in [5.74, 6) is -0.475. The van der Waals surface area contributed by atoms with Gasteiger partial charge in [0.25, 0.3) is 5.91 Å². The van der Waals surface area contributed by atoms with Crippen LogP contribution in [0.3, 0.4) is 0 Å². The fraction of sp³-hybridized carbons (Fsp3) is 0.643. The van der Waals surface area contributed by atoms with E-state index in [0.29, 0.717) is 31.9 Å². The van der Waals surface area contributed by atoms with E-state index in [2.05, 4.69) is 10.2 Å². The Morgan fingerprint density at radius 2 is 2.36 bits per heavy atom. The number of nitrogens with one attached hydrogen (secondary N) is 1. The highest BCUT2D eigenvalue weighted by Gasteiger charge is 2.27. The number of carbonyl (C=O) groups is 2. The number of aromatic amines is 1. The van der Waals surface area contributed by atoms with Crippen molar-refractivity contribution in [2.24, 2.45) is 5.73 Å². The van der Waals surface area contributed by atoms with Crippen molar-refractivity contribution in [2.45, 2.75) is 19.4 Å². The molecule has 1 aliphatic rings. The van der Waals surface area contributed by atoms with E-state index in [4.69, 9.17) is 10.5 Å². The van der Waals surface area contributed by atoms with Crippen LogP contribution in [0.2, 0.25) is 0 Å². The molecule has 2 amide bonds. The zero-order valence-electron chi connectivity index (χ0n) is 13.0. The maximum atomic E-state index is 12.4. The van der Waals surface area contributed by atoms with Crippen LogP contribution in [0, 0.1) is 0 Å². The van der Waals surface area contributed by atoms with Gasteiger partial charge in [-0.15, -0.1) is 0 Å². The second kappa shape index (κ2) is 7.37. The van der Waals surface area contributed by atoms with Crippen molar-refractivity contribution in [1.82, 2.24) is 20.0 Å². The number of rotatable bonds is 6. The summed E-state index contributed by atoms with van der Waals surface area (Å²) in [5, 5.41) is 6.91. The first-order chi connectivity index (χ1) is 10.5. The van der Waals surface area contributed by atoms with Gasteiger partial charge in [-0.2, -0.15) is 5.10 Å². The molecule has 2 rings (SSSR count). The average Bonchev–Trinajstić information content (AvgIpc) is 2.94. The van der Waals surface area contributed by atoms with E-state index in [1.807, 2.05) is 6.92 Å². The van der Waals surface area contributed by atoms with Crippen LogP contribution in [0.15, 0.2) is 6.07 Å². The monoisotopic (exact) mass is 309 g/mol. The third-order valence-corrected chi connectivity index (χ3v) is 3.60. The second-order valence-corrected chi connectivity index (χ2v) is 5.54. The van der Waals surface area contributed by atoms with E-state index in [-0.39, 0.29) is 24.5 Å². The highest BCUT2D eigenvalue weighted by atomic mass is 16.5. The first kappa shape index (κ1) is 16.4. The Kier molecular flexibility index (Phi) is 5.51. The van der Waals surface area contributed by atoms with Gasteiger partial charge in [-0.25, -0.2) is 0 Å². The van der Waals surface area contributed by atoms with Crippen molar-refractivity contribution in [3.05, 3.63) is 17.5 Å². The molecular formula is C14H23N5O3. The van der Waals surface area contributed by atoms with Crippen molar-refractivity contribution >= 4 is 11.8 Å². The standard InChI is InChI=1S/C14H23N5O3/c1-3-10-6-12(17-16-10)14(21)19-4-5-22-11(8-19)7-18(2)9-13(15)20/h6,11H,3-5,7-9H2,1-2H3,(H2,15,20)(H,16,17)/t11-/m1/s1. The lowest BCUT2D eigenvalue weighted by Gasteiger charge is -2.34. The lowest BCUT2D eigenvalue weighted by molar-refractivity contribution is -0.119. The topological polar surface area (TPSA) is 105 Å². The molecule has 3 N–H and O–H groups in total. The molecular weight excluding hydrogens is 286 g/mol. The second-order valence-electron chi connectivity index (χ2n) is 5.54. The first-order valence-electron chi connectivity index (χ1n) is 7.41. The number of primary amides is 1. The number of amides is 2. The summed E-state index contributed by atoms with van der Waals surface area (Å²) < 4.78 is 5.66. The molecule has 0 aliphatic carbocycles. The molecule has 1 aliphatic heterocycles. The SMILES string of the molecule is CCc1cc(C(=O)N2CCO[C@H](CN(C)CC(N)=O)C2)n[nH]1. The number of carbonyl (C=O) groups excluding carboxylic acids is 2. The Labute approximate surface area is 129 Å². The number of hydrogen-bond acceptors (Lipinski definition) is 5. The van der Waals surface area contributed by atoms with E-state index in [1.165, 1.54) is 0 Å². The summed E-state index contributed by atoms with van der Waals surface area (Å²) in [6, 6.07) is 1.78. The van der Waals surface area contributed by atoms with Gasteiger partial charge in [-0.05, 0) is 19.5 Å². The molecule has 0 aromatic carbocycles. The van der Waals surface area contributed by atoms with Gasteiger partial charge in [0.2, 0.25) is 5.91 Å². The molecule has 2 heterocycles. The van der Waals surface area contributed by atoms with Crippen LogP contribution in [-0.2, 0) is 16.0 Å². The van der Waals surface area contributed by atoms with E-state index in [9.17, 15) is 9.59 Å². The predicted molar refractivity (Wildman–Crippen MR) is 80.3 cm³/mol. The van der Waals surface area contributed by atoms with Crippen molar-refractivity contribution < 1.29 is 14.3 Å². The number of likely N-dealkylation sites (N-methyl/N-ethyl adjacent to an activating group) is 1. The third-order valence-electron chi connectivity index (χ3n) is 3.60. The van der Waals surface area contributed by atoms with Crippen molar-refractivity contribution in [2.75, 3.05) is 39.8 Å². The van der Waals surface area contributed by atoms with Gasteiger partial charge >= 0.3 is 0 Å². The molecule has 0 unspecified atom stereocenters. The van der Waals surface area contributed by atoms with E-state index in [0.717, 1.165) is 12.1 Å². The predicted octanol–water partition coefficient (Wildman–Crippen LogP) is -0.770.